The number of hydrogen-bond acceptors (Lipinski definition) is 4. The summed E-state index contributed by atoms with van der Waals surface area (Å²) < 4.78 is 25.1. The molecule has 1 unspecified atom stereocenters. The van der Waals surface area contributed by atoms with Crippen molar-refractivity contribution in [2.24, 2.45) is 5.14 Å². The van der Waals surface area contributed by atoms with E-state index in [0.29, 0.717) is 13.1 Å². The van der Waals surface area contributed by atoms with Crippen LogP contribution < -0.4 is 5.14 Å². The molecule has 0 aromatic carbocycles. The van der Waals surface area contributed by atoms with Crippen molar-refractivity contribution >= 4 is 16.1 Å². The maximum absolute atomic E-state index is 12.2. The summed E-state index contributed by atoms with van der Waals surface area (Å²) in [6, 6.07) is 1.36. The van der Waals surface area contributed by atoms with Gasteiger partial charge in [0.25, 0.3) is 10.2 Å². The predicted molar refractivity (Wildman–Crippen MR) is 68.2 cm³/mol. The second kappa shape index (κ2) is 5.27. The first-order chi connectivity index (χ1) is 8.89. The minimum Gasteiger partial charge on any atom is -0.338 e. The topological polar surface area (TPSA) is 102 Å². The Morgan fingerprint density at radius 3 is 2.42 bits per heavy atom. The lowest BCUT2D eigenvalue weighted by atomic mass is 10.2. The zero-order valence-electron chi connectivity index (χ0n) is 10.6. The Hall–Kier alpha value is -1.45. The molecule has 1 aliphatic rings. The first kappa shape index (κ1) is 14.0. The van der Waals surface area contributed by atoms with Crippen LogP contribution in [0.4, 0.5) is 0 Å². The van der Waals surface area contributed by atoms with E-state index in [-0.39, 0.29) is 19.0 Å². The first-order valence-corrected chi connectivity index (χ1v) is 7.45. The Morgan fingerprint density at radius 2 is 1.95 bits per heavy atom. The first-order valence-electron chi connectivity index (χ1n) is 5.95. The molecule has 2 N–H and O–H groups in total. The molecule has 1 saturated heterocycles. The average molecular weight is 287 g/mol. The fraction of sp³-hybridized carbons (Fsp3) is 0.600. The van der Waals surface area contributed by atoms with E-state index in [0.717, 1.165) is 0 Å². The number of aromatic nitrogens is 2. The third-order valence-corrected chi connectivity index (χ3v) is 4.27. The number of amides is 1. The molecule has 1 fully saturated rings. The maximum atomic E-state index is 12.2. The van der Waals surface area contributed by atoms with E-state index >= 15 is 0 Å². The smallest absolute Gasteiger partial charge is 0.277 e. The summed E-state index contributed by atoms with van der Waals surface area (Å²) in [4.78, 5) is 13.9. The molecule has 2 rings (SSSR count). The molecule has 1 aromatic rings. The summed E-state index contributed by atoms with van der Waals surface area (Å²) in [6.45, 7) is 2.93. The van der Waals surface area contributed by atoms with Crippen molar-refractivity contribution in [3.8, 4) is 0 Å². The third-order valence-electron chi connectivity index (χ3n) is 3.19. The number of rotatable bonds is 3. The van der Waals surface area contributed by atoms with Gasteiger partial charge in [0.1, 0.15) is 6.04 Å². The number of piperazine rings is 1. The molecule has 0 saturated carbocycles. The molecule has 1 aromatic heterocycles. The van der Waals surface area contributed by atoms with Crippen LogP contribution in [-0.4, -0.2) is 59.5 Å². The third kappa shape index (κ3) is 3.11. The van der Waals surface area contributed by atoms with Crippen LogP contribution in [0.2, 0.25) is 0 Å². The number of hydrogen-bond donors (Lipinski definition) is 1. The second-order valence-electron chi connectivity index (χ2n) is 4.43. The van der Waals surface area contributed by atoms with Gasteiger partial charge in [-0.25, -0.2) is 5.14 Å². The summed E-state index contributed by atoms with van der Waals surface area (Å²) >= 11 is 0. The molecule has 1 amide bonds. The molecule has 106 valence electrons. The highest BCUT2D eigenvalue weighted by molar-refractivity contribution is 7.86. The minimum absolute atomic E-state index is 0.0715. The van der Waals surface area contributed by atoms with Crippen molar-refractivity contribution < 1.29 is 13.2 Å². The van der Waals surface area contributed by atoms with Gasteiger partial charge in [-0.2, -0.15) is 17.8 Å². The van der Waals surface area contributed by atoms with Crippen LogP contribution in [0.5, 0.6) is 0 Å². The summed E-state index contributed by atoms with van der Waals surface area (Å²) in [6.07, 6.45) is 3.34. The van der Waals surface area contributed by atoms with Gasteiger partial charge in [-0.3, -0.25) is 9.48 Å². The van der Waals surface area contributed by atoms with Crippen LogP contribution >= 0.6 is 0 Å². The fourth-order valence-corrected chi connectivity index (χ4v) is 2.72. The molecule has 0 spiro atoms. The zero-order valence-corrected chi connectivity index (χ0v) is 11.5. The van der Waals surface area contributed by atoms with Crippen molar-refractivity contribution in [3.05, 3.63) is 18.5 Å². The standard InChI is InChI=1S/C10H17N5O3S/c1-9(15-4-2-3-12-15)10(16)13-5-7-14(8-6-13)19(11,17)18/h2-4,9H,5-8H2,1H3,(H2,11,17,18). The Labute approximate surface area is 112 Å². The van der Waals surface area contributed by atoms with Crippen LogP contribution in [0.25, 0.3) is 0 Å². The molecular formula is C10H17N5O3S. The molecule has 9 heteroatoms. The van der Waals surface area contributed by atoms with E-state index in [2.05, 4.69) is 5.10 Å². The van der Waals surface area contributed by atoms with Crippen molar-refractivity contribution in [1.82, 2.24) is 19.0 Å². The molecular weight excluding hydrogens is 270 g/mol. The van der Waals surface area contributed by atoms with E-state index in [1.165, 1.54) is 4.31 Å². The second-order valence-corrected chi connectivity index (χ2v) is 5.98. The summed E-state index contributed by atoms with van der Waals surface area (Å²) in [5.41, 5.74) is 0. The fourth-order valence-electron chi connectivity index (χ4n) is 2.05. The van der Waals surface area contributed by atoms with Gasteiger partial charge in [0, 0.05) is 38.6 Å². The van der Waals surface area contributed by atoms with Crippen LogP contribution in [-0.2, 0) is 15.0 Å². The molecule has 1 atom stereocenters. The molecule has 1 aliphatic heterocycles. The van der Waals surface area contributed by atoms with E-state index in [1.54, 1.807) is 35.0 Å². The van der Waals surface area contributed by atoms with Gasteiger partial charge in [0.2, 0.25) is 5.91 Å². The van der Waals surface area contributed by atoms with Crippen LogP contribution in [0.3, 0.4) is 0 Å². The van der Waals surface area contributed by atoms with Crippen LogP contribution in [0.1, 0.15) is 13.0 Å². The Morgan fingerprint density at radius 1 is 1.32 bits per heavy atom. The summed E-state index contributed by atoms with van der Waals surface area (Å²) in [7, 11) is -3.66. The van der Waals surface area contributed by atoms with Crippen molar-refractivity contribution in [2.75, 3.05) is 26.2 Å². The van der Waals surface area contributed by atoms with E-state index in [4.69, 9.17) is 5.14 Å². The van der Waals surface area contributed by atoms with Gasteiger partial charge in [-0.1, -0.05) is 0 Å². The highest BCUT2D eigenvalue weighted by Gasteiger charge is 2.29. The van der Waals surface area contributed by atoms with Gasteiger partial charge in [-0.15, -0.1) is 0 Å². The predicted octanol–water partition coefficient (Wildman–Crippen LogP) is -1.21. The average Bonchev–Trinajstić information content (AvgIpc) is 2.90. The van der Waals surface area contributed by atoms with Crippen molar-refractivity contribution in [3.63, 3.8) is 0 Å². The van der Waals surface area contributed by atoms with Crippen molar-refractivity contribution in [1.29, 1.82) is 0 Å². The van der Waals surface area contributed by atoms with Crippen LogP contribution in [0, 0.1) is 0 Å². The van der Waals surface area contributed by atoms with Gasteiger partial charge in [-0.05, 0) is 13.0 Å². The molecule has 0 radical (unpaired) electrons. The maximum Gasteiger partial charge on any atom is 0.277 e. The number of nitrogens with zero attached hydrogens (tertiary/aromatic N) is 4. The SMILES string of the molecule is CC(C(=O)N1CCN(S(N)(=O)=O)CC1)n1cccn1. The number of nitrogens with two attached hydrogens (primary N) is 1. The van der Waals surface area contributed by atoms with E-state index < -0.39 is 16.3 Å². The van der Waals surface area contributed by atoms with E-state index in [1.807, 2.05) is 0 Å². The molecule has 8 nitrogen and oxygen atoms in total. The Kier molecular flexibility index (Phi) is 3.88. The van der Waals surface area contributed by atoms with E-state index in [9.17, 15) is 13.2 Å². The molecule has 0 bridgehead atoms. The lowest BCUT2D eigenvalue weighted by Crippen LogP contribution is -2.53. The molecule has 19 heavy (non-hydrogen) atoms. The Bertz CT molecular complexity index is 534. The van der Waals surface area contributed by atoms with Gasteiger partial charge < -0.3 is 4.90 Å². The lowest BCUT2D eigenvalue weighted by molar-refractivity contribution is -0.135. The quantitative estimate of drug-likeness (QED) is 0.753. The zero-order chi connectivity index (χ0) is 14.0. The monoisotopic (exact) mass is 287 g/mol. The number of carbonyl (C=O) groups is 1. The highest BCUT2D eigenvalue weighted by Crippen LogP contribution is 2.12. The largest absolute Gasteiger partial charge is 0.338 e. The Balaban J connectivity index is 1.96. The van der Waals surface area contributed by atoms with Gasteiger partial charge >= 0.3 is 0 Å². The highest BCUT2D eigenvalue weighted by atomic mass is 32.2. The van der Waals surface area contributed by atoms with Gasteiger partial charge in [0.15, 0.2) is 0 Å². The lowest BCUT2D eigenvalue weighted by Gasteiger charge is -2.34. The number of carbonyl (C=O) groups excluding carboxylic acids is 1. The normalized spacial score (nSPS) is 19.4. The summed E-state index contributed by atoms with van der Waals surface area (Å²) in [5, 5.41) is 9.08. The summed E-state index contributed by atoms with van der Waals surface area (Å²) in [5.74, 6) is -0.0715. The minimum atomic E-state index is -3.66. The van der Waals surface area contributed by atoms with Crippen LogP contribution in [0.15, 0.2) is 18.5 Å². The molecule has 2 heterocycles. The van der Waals surface area contributed by atoms with Gasteiger partial charge in [0.05, 0.1) is 0 Å². The van der Waals surface area contributed by atoms with Crippen molar-refractivity contribution in [2.45, 2.75) is 13.0 Å². The molecule has 0 aliphatic carbocycles.